The highest BCUT2D eigenvalue weighted by molar-refractivity contribution is 6.42. The second-order valence-corrected chi connectivity index (χ2v) is 11.7. The standard InChI is InChI=1S/C31H40Cl2N4O5/c1-3-42-29(38)12-11-26(30(39)35-18-21-15-24(32)25(33)17-28(21)41-2)36-14-13-23(10-9-20-7-5-4-6-8-20)37-19-22(34)16-27(37)31(36)40/h4-8,15,17,22-23,26-27H,3,9-14,16,18-19,34H2,1-2H3,(H,35,39)/t22-,23?,26-,27+/m1/s1. The largest absolute Gasteiger partial charge is 0.496 e. The number of carbonyl (C=O) groups is 3. The summed E-state index contributed by atoms with van der Waals surface area (Å²) in [6.07, 6.45) is 3.15. The zero-order valence-corrected chi connectivity index (χ0v) is 25.7. The molecule has 2 aromatic rings. The van der Waals surface area contributed by atoms with Gasteiger partial charge in [-0.05, 0) is 50.7 Å². The number of benzene rings is 2. The van der Waals surface area contributed by atoms with Crippen LogP contribution in [0.4, 0.5) is 0 Å². The first kappa shape index (κ1) is 32.1. The summed E-state index contributed by atoms with van der Waals surface area (Å²) < 4.78 is 10.5. The van der Waals surface area contributed by atoms with E-state index in [-0.39, 0.29) is 49.9 Å². The van der Waals surface area contributed by atoms with E-state index in [2.05, 4.69) is 22.3 Å². The van der Waals surface area contributed by atoms with Crippen molar-refractivity contribution < 1.29 is 23.9 Å². The molecule has 2 heterocycles. The fraction of sp³-hybridized carbons (Fsp3) is 0.516. The molecular formula is C31H40Cl2N4O5. The maximum absolute atomic E-state index is 14.0. The van der Waals surface area contributed by atoms with Crippen LogP contribution >= 0.6 is 23.2 Å². The van der Waals surface area contributed by atoms with E-state index >= 15 is 0 Å². The highest BCUT2D eigenvalue weighted by Crippen LogP contribution is 2.32. The van der Waals surface area contributed by atoms with Gasteiger partial charge in [0, 0.05) is 49.8 Å². The van der Waals surface area contributed by atoms with Crippen LogP contribution in [0.5, 0.6) is 5.75 Å². The summed E-state index contributed by atoms with van der Waals surface area (Å²) in [5, 5.41) is 3.61. The number of rotatable bonds is 12. The van der Waals surface area contributed by atoms with Gasteiger partial charge in [-0.1, -0.05) is 53.5 Å². The fourth-order valence-corrected chi connectivity index (χ4v) is 6.35. The third-order valence-corrected chi connectivity index (χ3v) is 8.83. The Morgan fingerprint density at radius 2 is 1.90 bits per heavy atom. The van der Waals surface area contributed by atoms with Crippen LogP contribution in [0, 0.1) is 0 Å². The van der Waals surface area contributed by atoms with E-state index in [1.807, 2.05) is 18.2 Å². The molecule has 2 aromatic carbocycles. The molecule has 4 rings (SSSR count). The lowest BCUT2D eigenvalue weighted by molar-refractivity contribution is -0.147. The Bertz CT molecular complexity index is 1250. The molecule has 2 fully saturated rings. The van der Waals surface area contributed by atoms with E-state index in [1.54, 1.807) is 24.0 Å². The third kappa shape index (κ3) is 7.95. The maximum atomic E-state index is 14.0. The number of nitrogens with one attached hydrogen (secondary N) is 1. The predicted molar refractivity (Wildman–Crippen MR) is 162 cm³/mol. The topological polar surface area (TPSA) is 114 Å². The van der Waals surface area contributed by atoms with E-state index in [0.717, 1.165) is 12.8 Å². The molecule has 0 radical (unpaired) electrons. The van der Waals surface area contributed by atoms with Crippen LogP contribution in [-0.2, 0) is 32.1 Å². The summed E-state index contributed by atoms with van der Waals surface area (Å²) in [4.78, 5) is 44.0. The van der Waals surface area contributed by atoms with E-state index in [0.29, 0.717) is 47.3 Å². The molecule has 2 amide bonds. The van der Waals surface area contributed by atoms with Crippen LogP contribution in [0.15, 0.2) is 42.5 Å². The summed E-state index contributed by atoms with van der Waals surface area (Å²) in [5.74, 6) is -0.414. The van der Waals surface area contributed by atoms with Gasteiger partial charge in [0.15, 0.2) is 0 Å². The molecule has 4 atom stereocenters. The molecule has 3 N–H and O–H groups in total. The van der Waals surface area contributed by atoms with E-state index in [9.17, 15) is 14.4 Å². The molecule has 0 saturated carbocycles. The zero-order valence-electron chi connectivity index (χ0n) is 24.2. The Balaban J connectivity index is 1.54. The van der Waals surface area contributed by atoms with Crippen molar-refractivity contribution in [2.24, 2.45) is 5.73 Å². The van der Waals surface area contributed by atoms with Crippen molar-refractivity contribution in [3.63, 3.8) is 0 Å². The first-order valence-corrected chi connectivity index (χ1v) is 15.3. The molecule has 0 bridgehead atoms. The van der Waals surface area contributed by atoms with Crippen molar-refractivity contribution in [3.05, 3.63) is 63.6 Å². The minimum atomic E-state index is -0.859. The maximum Gasteiger partial charge on any atom is 0.305 e. The third-order valence-electron chi connectivity index (χ3n) is 8.10. The molecular weight excluding hydrogens is 579 g/mol. The number of hydrogen-bond donors (Lipinski definition) is 2. The molecule has 9 nitrogen and oxygen atoms in total. The minimum Gasteiger partial charge on any atom is -0.496 e. The molecule has 0 spiro atoms. The highest BCUT2D eigenvalue weighted by Gasteiger charge is 2.45. The lowest BCUT2D eigenvalue weighted by atomic mass is 10.0. The van der Waals surface area contributed by atoms with Crippen molar-refractivity contribution in [1.82, 2.24) is 15.1 Å². The normalized spacial score (nSPS) is 21.4. The first-order chi connectivity index (χ1) is 20.2. The van der Waals surface area contributed by atoms with Crippen molar-refractivity contribution in [2.75, 3.05) is 26.8 Å². The van der Waals surface area contributed by atoms with Gasteiger partial charge in [0.1, 0.15) is 11.8 Å². The molecule has 1 unspecified atom stereocenters. The summed E-state index contributed by atoms with van der Waals surface area (Å²) >= 11 is 12.3. The van der Waals surface area contributed by atoms with Crippen LogP contribution in [0.1, 0.15) is 50.2 Å². The van der Waals surface area contributed by atoms with Crippen LogP contribution in [0.2, 0.25) is 10.0 Å². The van der Waals surface area contributed by atoms with Crippen molar-refractivity contribution in [3.8, 4) is 5.75 Å². The quantitative estimate of drug-likeness (QED) is 0.346. The van der Waals surface area contributed by atoms with E-state index in [1.165, 1.54) is 12.7 Å². The number of amides is 2. The van der Waals surface area contributed by atoms with Gasteiger partial charge in [0.2, 0.25) is 11.8 Å². The lowest BCUT2D eigenvalue weighted by Gasteiger charge is -2.32. The molecule has 2 saturated heterocycles. The van der Waals surface area contributed by atoms with Gasteiger partial charge < -0.3 is 25.4 Å². The van der Waals surface area contributed by atoms with Gasteiger partial charge >= 0.3 is 5.97 Å². The van der Waals surface area contributed by atoms with Crippen LogP contribution in [0.3, 0.4) is 0 Å². The summed E-state index contributed by atoms with van der Waals surface area (Å²) in [6.45, 7) is 3.13. The number of ether oxygens (including phenoxy) is 2. The number of aryl methyl sites for hydroxylation is 1. The van der Waals surface area contributed by atoms with Gasteiger partial charge in [0.05, 0.1) is 29.8 Å². The number of fused-ring (bicyclic) bond motifs is 1. The number of methoxy groups -OCH3 is 1. The Morgan fingerprint density at radius 1 is 1.17 bits per heavy atom. The van der Waals surface area contributed by atoms with E-state index < -0.39 is 18.1 Å². The number of nitrogens with zero attached hydrogens (tertiary/aromatic N) is 2. The average Bonchev–Trinajstić information content (AvgIpc) is 3.32. The highest BCUT2D eigenvalue weighted by atomic mass is 35.5. The Hall–Kier alpha value is -2.85. The molecule has 2 aliphatic rings. The molecule has 0 aliphatic carbocycles. The number of halogens is 2. The smallest absolute Gasteiger partial charge is 0.305 e. The molecule has 0 aromatic heterocycles. The van der Waals surface area contributed by atoms with Gasteiger partial charge in [0.25, 0.3) is 0 Å². The Morgan fingerprint density at radius 3 is 2.62 bits per heavy atom. The van der Waals surface area contributed by atoms with E-state index in [4.69, 9.17) is 38.4 Å². The number of carbonyl (C=O) groups excluding carboxylic acids is 3. The molecule has 2 aliphatic heterocycles. The summed E-state index contributed by atoms with van der Waals surface area (Å²) in [5.41, 5.74) is 8.25. The molecule has 11 heteroatoms. The fourth-order valence-electron chi connectivity index (χ4n) is 6.01. The SMILES string of the molecule is CCOC(=O)CC[C@H](C(=O)NCc1cc(Cl)c(Cl)cc1OC)N1CCC(CCc2ccccc2)N2C[C@H](N)C[C@H]2C1=O. The summed E-state index contributed by atoms with van der Waals surface area (Å²) in [7, 11) is 1.51. The second kappa shape index (κ2) is 15.0. The predicted octanol–water partition coefficient (Wildman–Crippen LogP) is 3.97. The van der Waals surface area contributed by atoms with Gasteiger partial charge in [-0.25, -0.2) is 0 Å². The van der Waals surface area contributed by atoms with Crippen LogP contribution in [0.25, 0.3) is 0 Å². The Kier molecular flexibility index (Phi) is 11.5. The summed E-state index contributed by atoms with van der Waals surface area (Å²) in [6, 6.07) is 12.3. The van der Waals surface area contributed by atoms with Gasteiger partial charge in [-0.15, -0.1) is 0 Å². The van der Waals surface area contributed by atoms with Crippen molar-refractivity contribution in [1.29, 1.82) is 0 Å². The van der Waals surface area contributed by atoms with Crippen LogP contribution in [-0.4, -0.2) is 78.6 Å². The molecule has 228 valence electrons. The van der Waals surface area contributed by atoms with Gasteiger partial charge in [-0.3, -0.25) is 19.3 Å². The minimum absolute atomic E-state index is 0.0110. The van der Waals surface area contributed by atoms with Crippen molar-refractivity contribution in [2.45, 2.75) is 76.2 Å². The van der Waals surface area contributed by atoms with Gasteiger partial charge in [-0.2, -0.15) is 0 Å². The number of hydrogen-bond acceptors (Lipinski definition) is 7. The number of nitrogens with two attached hydrogens (primary N) is 1. The second-order valence-electron chi connectivity index (χ2n) is 10.9. The monoisotopic (exact) mass is 618 g/mol. The van der Waals surface area contributed by atoms with Crippen molar-refractivity contribution >= 4 is 41.0 Å². The lowest BCUT2D eigenvalue weighted by Crippen LogP contribution is -2.53. The zero-order chi connectivity index (χ0) is 30.2. The molecule has 42 heavy (non-hydrogen) atoms. The average molecular weight is 620 g/mol. The van der Waals surface area contributed by atoms with Crippen LogP contribution < -0.4 is 15.8 Å². The Labute approximate surface area is 257 Å². The first-order valence-electron chi connectivity index (χ1n) is 14.5. The number of esters is 1.